The van der Waals surface area contributed by atoms with Crippen molar-refractivity contribution < 1.29 is 0 Å². The third-order valence-corrected chi connectivity index (χ3v) is 3.90. The fraction of sp³-hybridized carbons (Fsp3) is 0.615. The van der Waals surface area contributed by atoms with Crippen molar-refractivity contribution in [2.75, 3.05) is 18.4 Å². The SMILES string of the molecule is Cc1nc(Cl)ccc1NC1CCN(C2CC2)C1. The molecule has 0 radical (unpaired) electrons. The minimum absolute atomic E-state index is 0.567. The molecular formula is C13H18ClN3. The summed E-state index contributed by atoms with van der Waals surface area (Å²) in [4.78, 5) is 6.88. The van der Waals surface area contributed by atoms with Crippen LogP contribution in [-0.2, 0) is 0 Å². The van der Waals surface area contributed by atoms with Crippen LogP contribution in [0.5, 0.6) is 0 Å². The second kappa shape index (κ2) is 4.46. The van der Waals surface area contributed by atoms with Crippen molar-refractivity contribution >= 4 is 17.3 Å². The van der Waals surface area contributed by atoms with Crippen LogP contribution >= 0.6 is 11.6 Å². The Morgan fingerprint density at radius 2 is 2.18 bits per heavy atom. The Morgan fingerprint density at radius 3 is 2.88 bits per heavy atom. The largest absolute Gasteiger partial charge is 0.380 e. The quantitative estimate of drug-likeness (QED) is 0.838. The lowest BCUT2D eigenvalue weighted by Gasteiger charge is -2.17. The molecule has 1 unspecified atom stereocenters. The van der Waals surface area contributed by atoms with Crippen molar-refractivity contribution in [1.82, 2.24) is 9.88 Å². The first-order valence-corrected chi connectivity index (χ1v) is 6.74. The zero-order valence-electron chi connectivity index (χ0n) is 10.1. The fourth-order valence-electron chi connectivity index (χ4n) is 2.58. The summed E-state index contributed by atoms with van der Waals surface area (Å²) in [6, 6.07) is 5.33. The molecule has 4 heteroatoms. The van der Waals surface area contributed by atoms with E-state index >= 15 is 0 Å². The van der Waals surface area contributed by atoms with Crippen LogP contribution in [0.3, 0.4) is 0 Å². The molecule has 17 heavy (non-hydrogen) atoms. The third-order valence-electron chi connectivity index (χ3n) is 3.69. The van der Waals surface area contributed by atoms with Gasteiger partial charge in [0.25, 0.3) is 0 Å². The summed E-state index contributed by atoms with van der Waals surface area (Å²) in [6.45, 7) is 4.41. The van der Waals surface area contributed by atoms with Crippen LogP contribution in [0.15, 0.2) is 12.1 Å². The highest BCUT2D eigenvalue weighted by Crippen LogP contribution is 2.30. The maximum Gasteiger partial charge on any atom is 0.129 e. The van der Waals surface area contributed by atoms with Gasteiger partial charge >= 0.3 is 0 Å². The maximum absolute atomic E-state index is 5.86. The van der Waals surface area contributed by atoms with Gasteiger partial charge in [-0.25, -0.2) is 4.98 Å². The molecular weight excluding hydrogens is 234 g/mol. The summed E-state index contributed by atoms with van der Waals surface area (Å²) in [5.74, 6) is 0. The first-order chi connectivity index (χ1) is 8.22. The van der Waals surface area contributed by atoms with Gasteiger partial charge in [0, 0.05) is 25.2 Å². The average molecular weight is 252 g/mol. The lowest BCUT2D eigenvalue weighted by molar-refractivity contribution is 0.326. The predicted molar refractivity (Wildman–Crippen MR) is 70.6 cm³/mol. The van der Waals surface area contributed by atoms with Crippen LogP contribution in [0, 0.1) is 6.92 Å². The van der Waals surface area contributed by atoms with Gasteiger partial charge in [-0.05, 0) is 38.3 Å². The summed E-state index contributed by atoms with van der Waals surface area (Å²) in [6.07, 6.45) is 4.03. The first kappa shape index (κ1) is 11.3. The van der Waals surface area contributed by atoms with Crippen molar-refractivity contribution in [2.45, 2.75) is 38.3 Å². The summed E-state index contributed by atoms with van der Waals surface area (Å²) in [5, 5.41) is 4.15. The number of nitrogens with zero attached hydrogens (tertiary/aromatic N) is 2. The van der Waals surface area contributed by atoms with E-state index in [-0.39, 0.29) is 0 Å². The van der Waals surface area contributed by atoms with E-state index in [1.54, 1.807) is 0 Å². The van der Waals surface area contributed by atoms with Crippen LogP contribution in [0.25, 0.3) is 0 Å². The Labute approximate surface area is 107 Å². The molecule has 2 fully saturated rings. The summed E-state index contributed by atoms with van der Waals surface area (Å²) in [7, 11) is 0. The van der Waals surface area contributed by atoms with Crippen molar-refractivity contribution in [2.24, 2.45) is 0 Å². The molecule has 1 aliphatic heterocycles. The topological polar surface area (TPSA) is 28.2 Å². The van der Waals surface area contributed by atoms with Gasteiger partial charge in [-0.1, -0.05) is 11.6 Å². The van der Waals surface area contributed by atoms with Gasteiger partial charge in [0.15, 0.2) is 0 Å². The van der Waals surface area contributed by atoms with Crippen LogP contribution < -0.4 is 5.32 Å². The van der Waals surface area contributed by atoms with E-state index in [1.165, 1.54) is 32.4 Å². The normalized spacial score (nSPS) is 25.2. The van der Waals surface area contributed by atoms with E-state index in [0.29, 0.717) is 11.2 Å². The predicted octanol–water partition coefficient (Wildman–Crippen LogP) is 2.69. The number of anilines is 1. The average Bonchev–Trinajstić information content (AvgIpc) is 3.04. The molecule has 1 aromatic rings. The molecule has 1 aliphatic carbocycles. The Balaban J connectivity index is 1.63. The number of pyridine rings is 1. The Kier molecular flexibility index (Phi) is 2.97. The van der Waals surface area contributed by atoms with Gasteiger partial charge in [-0.2, -0.15) is 0 Å². The van der Waals surface area contributed by atoms with Crippen LogP contribution in [0.4, 0.5) is 5.69 Å². The van der Waals surface area contributed by atoms with Gasteiger partial charge in [0.2, 0.25) is 0 Å². The smallest absolute Gasteiger partial charge is 0.129 e. The van der Waals surface area contributed by atoms with Gasteiger partial charge < -0.3 is 5.32 Å². The monoisotopic (exact) mass is 251 g/mol. The van der Waals surface area contributed by atoms with Crippen LogP contribution in [0.2, 0.25) is 5.15 Å². The molecule has 3 nitrogen and oxygen atoms in total. The lowest BCUT2D eigenvalue weighted by atomic mass is 10.2. The van der Waals surface area contributed by atoms with Crippen LogP contribution in [0.1, 0.15) is 25.0 Å². The number of halogens is 1. The van der Waals surface area contributed by atoms with Gasteiger partial charge in [0.1, 0.15) is 5.15 Å². The lowest BCUT2D eigenvalue weighted by Crippen LogP contribution is -2.28. The number of hydrogen-bond acceptors (Lipinski definition) is 3. The Bertz CT molecular complexity index is 417. The summed E-state index contributed by atoms with van der Waals surface area (Å²) < 4.78 is 0. The third kappa shape index (κ3) is 2.55. The van der Waals surface area contributed by atoms with Crippen molar-refractivity contribution in [3.05, 3.63) is 23.0 Å². The minimum Gasteiger partial charge on any atom is -0.380 e. The van der Waals surface area contributed by atoms with E-state index in [2.05, 4.69) is 15.2 Å². The van der Waals surface area contributed by atoms with E-state index in [1.807, 2.05) is 19.1 Å². The van der Waals surface area contributed by atoms with Gasteiger partial charge in [-0.15, -0.1) is 0 Å². The molecule has 1 aromatic heterocycles. The molecule has 3 rings (SSSR count). The number of likely N-dealkylation sites (tertiary alicyclic amines) is 1. The highest BCUT2D eigenvalue weighted by molar-refractivity contribution is 6.29. The maximum atomic E-state index is 5.86. The van der Waals surface area contributed by atoms with Crippen molar-refractivity contribution in [3.8, 4) is 0 Å². The van der Waals surface area contributed by atoms with E-state index < -0.39 is 0 Å². The van der Waals surface area contributed by atoms with Crippen molar-refractivity contribution in [1.29, 1.82) is 0 Å². The molecule has 1 atom stereocenters. The highest BCUT2D eigenvalue weighted by atomic mass is 35.5. The number of hydrogen-bond donors (Lipinski definition) is 1. The molecule has 0 spiro atoms. The zero-order chi connectivity index (χ0) is 11.8. The second-order valence-corrected chi connectivity index (χ2v) is 5.51. The van der Waals surface area contributed by atoms with E-state index in [9.17, 15) is 0 Å². The Morgan fingerprint density at radius 1 is 1.35 bits per heavy atom. The fourth-order valence-corrected chi connectivity index (χ4v) is 2.77. The molecule has 1 saturated carbocycles. The molecule has 0 bridgehead atoms. The highest BCUT2D eigenvalue weighted by Gasteiger charge is 2.34. The molecule has 0 amide bonds. The molecule has 1 N–H and O–H groups in total. The Hall–Kier alpha value is -0.800. The summed E-state index contributed by atoms with van der Waals surface area (Å²) in [5.41, 5.74) is 2.11. The van der Waals surface area contributed by atoms with Crippen molar-refractivity contribution in [3.63, 3.8) is 0 Å². The molecule has 1 saturated heterocycles. The number of aryl methyl sites for hydroxylation is 1. The number of aromatic nitrogens is 1. The minimum atomic E-state index is 0.567. The molecule has 0 aromatic carbocycles. The standard InChI is InChI=1S/C13H18ClN3/c1-9-12(4-5-13(14)15-9)16-10-6-7-17(8-10)11-2-3-11/h4-5,10-11,16H,2-3,6-8H2,1H3. The zero-order valence-corrected chi connectivity index (χ0v) is 10.9. The van der Waals surface area contributed by atoms with E-state index in [4.69, 9.17) is 11.6 Å². The van der Waals surface area contributed by atoms with E-state index in [0.717, 1.165) is 17.4 Å². The first-order valence-electron chi connectivity index (χ1n) is 6.36. The summed E-state index contributed by atoms with van der Waals surface area (Å²) >= 11 is 5.86. The van der Waals surface area contributed by atoms with Gasteiger partial charge in [-0.3, -0.25) is 4.90 Å². The second-order valence-electron chi connectivity index (χ2n) is 5.12. The molecule has 2 heterocycles. The molecule has 92 valence electrons. The number of nitrogens with one attached hydrogen (secondary N) is 1. The number of rotatable bonds is 3. The van der Waals surface area contributed by atoms with Gasteiger partial charge in [0.05, 0.1) is 11.4 Å². The van der Waals surface area contributed by atoms with Crippen LogP contribution in [-0.4, -0.2) is 35.1 Å². The molecule has 2 aliphatic rings.